The van der Waals surface area contributed by atoms with Gasteiger partial charge in [0.2, 0.25) is 17.6 Å². The second-order valence-corrected chi connectivity index (χ2v) is 16.1. The molecule has 7 atom stereocenters. The standard InChI is InChI=1S/C41H56N2O9/c1-39-19-16-30(44)24-29(39)12-13-31-32(39)17-20-40(2)33(31)18-21-41(40,51)34(45)26-52-38(50)15-14-36(47)42-22-8-4-7-11-35(46)43-25-28(23-37(48)49)27-9-5-3-6-10-27/h3,5-6,9-10,24,28,31-33,51H,4,7-8,11-23,25-26H2,1-2H3,(H,42,47)(H,43,46)(H,48,49)/t28-,31+,32+,33+,39+,40-,41+/m1/s1. The van der Waals surface area contributed by atoms with Gasteiger partial charge in [0.15, 0.2) is 12.4 Å². The third-order valence-corrected chi connectivity index (χ3v) is 13.1. The van der Waals surface area contributed by atoms with Crippen LogP contribution in [-0.2, 0) is 33.5 Å². The second kappa shape index (κ2) is 16.9. The first-order valence-corrected chi connectivity index (χ1v) is 19.2. The number of amides is 2. The maximum Gasteiger partial charge on any atom is 0.306 e. The van der Waals surface area contributed by atoms with Gasteiger partial charge >= 0.3 is 11.9 Å². The maximum atomic E-state index is 13.5. The number of benzene rings is 1. The van der Waals surface area contributed by atoms with Gasteiger partial charge in [-0.1, -0.05) is 56.2 Å². The Labute approximate surface area is 306 Å². The number of carboxylic acid groups (broad SMARTS) is 1. The van der Waals surface area contributed by atoms with Crippen LogP contribution in [-0.4, -0.2) is 70.8 Å². The number of ether oxygens (including phenoxy) is 1. The van der Waals surface area contributed by atoms with E-state index in [2.05, 4.69) is 17.6 Å². The number of carbonyl (C=O) groups excluding carboxylic acids is 5. The van der Waals surface area contributed by atoms with Crippen molar-refractivity contribution in [2.24, 2.45) is 28.6 Å². The van der Waals surface area contributed by atoms with E-state index in [1.807, 2.05) is 43.3 Å². The van der Waals surface area contributed by atoms with Crippen molar-refractivity contribution in [2.45, 2.75) is 122 Å². The van der Waals surface area contributed by atoms with Crippen molar-refractivity contribution in [3.63, 3.8) is 0 Å². The number of fused-ring (bicyclic) bond motifs is 5. The quantitative estimate of drug-likeness (QED) is 0.125. The van der Waals surface area contributed by atoms with Gasteiger partial charge in [-0.05, 0) is 92.6 Å². The Morgan fingerprint density at radius 2 is 1.60 bits per heavy atom. The van der Waals surface area contributed by atoms with Gasteiger partial charge in [-0.2, -0.15) is 0 Å². The molecule has 0 aliphatic heterocycles. The van der Waals surface area contributed by atoms with Crippen molar-refractivity contribution in [1.29, 1.82) is 0 Å². The lowest BCUT2D eigenvalue weighted by atomic mass is 9.46. The number of hydrogen-bond donors (Lipinski definition) is 4. The molecule has 11 heteroatoms. The Bertz CT molecular complexity index is 1540. The van der Waals surface area contributed by atoms with Crippen molar-refractivity contribution in [1.82, 2.24) is 10.6 Å². The summed E-state index contributed by atoms with van der Waals surface area (Å²) in [6.07, 6.45) is 9.83. The number of aliphatic hydroxyl groups is 1. The highest BCUT2D eigenvalue weighted by molar-refractivity contribution is 5.92. The molecule has 52 heavy (non-hydrogen) atoms. The fraction of sp³-hybridized carbons (Fsp3) is 0.659. The minimum absolute atomic E-state index is 0.00315. The Hall–Kier alpha value is -3.86. The van der Waals surface area contributed by atoms with E-state index >= 15 is 0 Å². The van der Waals surface area contributed by atoms with Gasteiger partial charge in [0.1, 0.15) is 5.60 Å². The summed E-state index contributed by atoms with van der Waals surface area (Å²) >= 11 is 0. The zero-order valence-corrected chi connectivity index (χ0v) is 30.8. The molecule has 4 N–H and O–H groups in total. The summed E-state index contributed by atoms with van der Waals surface area (Å²) in [6, 6.07) is 9.24. The van der Waals surface area contributed by atoms with Crippen LogP contribution in [0.15, 0.2) is 42.0 Å². The number of allylic oxidation sites excluding steroid dienone is 1. The largest absolute Gasteiger partial charge is 0.481 e. The minimum Gasteiger partial charge on any atom is -0.481 e. The van der Waals surface area contributed by atoms with Crippen molar-refractivity contribution < 1.29 is 43.7 Å². The van der Waals surface area contributed by atoms with Crippen LogP contribution in [0.4, 0.5) is 0 Å². The number of carbonyl (C=O) groups is 6. The molecular formula is C41H56N2O9. The van der Waals surface area contributed by atoms with Crippen LogP contribution in [0.5, 0.6) is 0 Å². The number of nitrogens with one attached hydrogen (secondary N) is 2. The predicted octanol–water partition coefficient (Wildman–Crippen LogP) is 5.19. The van der Waals surface area contributed by atoms with Gasteiger partial charge in [0.05, 0.1) is 12.8 Å². The van der Waals surface area contributed by atoms with E-state index in [0.29, 0.717) is 63.3 Å². The molecule has 0 unspecified atom stereocenters. The molecule has 5 rings (SSSR count). The van der Waals surface area contributed by atoms with Gasteiger partial charge in [0, 0.05) is 43.7 Å². The number of ketones is 2. The van der Waals surface area contributed by atoms with Gasteiger partial charge in [-0.25, -0.2) is 0 Å². The lowest BCUT2D eigenvalue weighted by Crippen LogP contribution is -2.58. The van der Waals surface area contributed by atoms with E-state index in [1.165, 1.54) is 5.57 Å². The summed E-state index contributed by atoms with van der Waals surface area (Å²) in [4.78, 5) is 74.0. The number of carboxylic acids is 1. The number of aliphatic carboxylic acids is 1. The summed E-state index contributed by atoms with van der Waals surface area (Å²) in [5, 5.41) is 26.7. The molecule has 4 aliphatic rings. The van der Waals surface area contributed by atoms with E-state index in [-0.39, 0.29) is 60.7 Å². The van der Waals surface area contributed by atoms with Crippen LogP contribution < -0.4 is 10.6 Å². The number of rotatable bonds is 17. The Balaban J connectivity index is 0.959. The molecule has 0 bridgehead atoms. The van der Waals surface area contributed by atoms with Crippen molar-refractivity contribution in [3.8, 4) is 0 Å². The van der Waals surface area contributed by atoms with Crippen molar-refractivity contribution in [3.05, 3.63) is 47.5 Å². The molecule has 0 radical (unpaired) electrons. The molecule has 0 saturated heterocycles. The van der Waals surface area contributed by atoms with E-state index < -0.39 is 35.3 Å². The van der Waals surface area contributed by atoms with Crippen molar-refractivity contribution in [2.75, 3.05) is 19.7 Å². The second-order valence-electron chi connectivity index (χ2n) is 16.1. The highest BCUT2D eigenvalue weighted by atomic mass is 16.5. The van der Waals surface area contributed by atoms with Crippen LogP contribution in [0.3, 0.4) is 0 Å². The van der Waals surface area contributed by atoms with Crippen LogP contribution >= 0.6 is 0 Å². The van der Waals surface area contributed by atoms with E-state index in [1.54, 1.807) is 0 Å². The first-order chi connectivity index (χ1) is 24.8. The molecule has 3 saturated carbocycles. The third-order valence-electron chi connectivity index (χ3n) is 13.1. The number of Topliss-reactive ketones (excluding diaryl/α,β-unsaturated/α-hetero) is 1. The summed E-state index contributed by atoms with van der Waals surface area (Å²) in [6.45, 7) is 4.46. The third kappa shape index (κ3) is 8.67. The average Bonchev–Trinajstić information content (AvgIpc) is 3.41. The monoisotopic (exact) mass is 720 g/mol. The molecule has 0 heterocycles. The van der Waals surface area contributed by atoms with Crippen molar-refractivity contribution >= 4 is 35.3 Å². The first kappa shape index (κ1) is 39.3. The van der Waals surface area contributed by atoms with Crippen LogP contribution in [0.2, 0.25) is 0 Å². The highest BCUT2D eigenvalue weighted by Gasteiger charge is 2.66. The Morgan fingerprint density at radius 3 is 2.35 bits per heavy atom. The molecule has 11 nitrogen and oxygen atoms in total. The molecule has 1 aromatic rings. The molecular weight excluding hydrogens is 664 g/mol. The minimum atomic E-state index is -1.56. The molecule has 4 aliphatic carbocycles. The van der Waals surface area contributed by atoms with Crippen LogP contribution in [0.1, 0.15) is 122 Å². The normalized spacial score (nSPS) is 29.8. The SMILES string of the molecule is C[C@]12CCC(=O)C=C1CC[C@H]1[C@@H]2CC[C@]2(C)[C@H]1CC[C@]2(O)C(=O)COC(=O)CCC(=O)NCCCCCC(=O)NC[C@@H](CC(=O)O)c1ccccc1. The molecule has 0 spiro atoms. The smallest absolute Gasteiger partial charge is 0.306 e. The lowest BCUT2D eigenvalue weighted by molar-refractivity contribution is -0.170. The zero-order chi connectivity index (χ0) is 37.5. The molecule has 2 amide bonds. The van der Waals surface area contributed by atoms with Gasteiger partial charge < -0.3 is 25.6 Å². The summed E-state index contributed by atoms with van der Waals surface area (Å²) < 4.78 is 5.28. The van der Waals surface area contributed by atoms with Crippen LogP contribution in [0.25, 0.3) is 0 Å². The Kier molecular flexibility index (Phi) is 12.8. The molecule has 1 aromatic carbocycles. The topological polar surface area (TPSA) is 176 Å². The number of unbranched alkanes of at least 4 members (excludes halogenated alkanes) is 2. The maximum absolute atomic E-state index is 13.5. The van der Waals surface area contributed by atoms with Gasteiger partial charge in [-0.3, -0.25) is 28.8 Å². The Morgan fingerprint density at radius 1 is 0.865 bits per heavy atom. The van der Waals surface area contributed by atoms with Gasteiger partial charge in [-0.15, -0.1) is 0 Å². The molecule has 3 fully saturated rings. The fourth-order valence-corrected chi connectivity index (χ4v) is 10.1. The van der Waals surface area contributed by atoms with Crippen LogP contribution in [0, 0.1) is 28.6 Å². The molecule has 0 aromatic heterocycles. The number of esters is 1. The highest BCUT2D eigenvalue weighted by Crippen LogP contribution is 2.67. The van der Waals surface area contributed by atoms with E-state index in [9.17, 15) is 39.0 Å². The van der Waals surface area contributed by atoms with Gasteiger partial charge in [0.25, 0.3) is 0 Å². The first-order valence-electron chi connectivity index (χ1n) is 19.2. The summed E-state index contributed by atoms with van der Waals surface area (Å²) in [7, 11) is 0. The van der Waals surface area contributed by atoms with E-state index in [4.69, 9.17) is 4.74 Å². The lowest BCUT2D eigenvalue weighted by Gasteiger charge is -2.58. The zero-order valence-electron chi connectivity index (χ0n) is 30.8. The summed E-state index contributed by atoms with van der Waals surface area (Å²) in [5.41, 5.74) is -0.0198. The average molecular weight is 721 g/mol. The number of hydrogen-bond acceptors (Lipinski definition) is 8. The summed E-state index contributed by atoms with van der Waals surface area (Å²) in [5.74, 6) is -1.60. The van der Waals surface area contributed by atoms with E-state index in [0.717, 1.165) is 37.7 Å². The predicted molar refractivity (Wildman–Crippen MR) is 193 cm³/mol. The molecule has 284 valence electrons. The fourth-order valence-electron chi connectivity index (χ4n) is 10.1.